The highest BCUT2D eigenvalue weighted by atomic mass is 16.3. The third kappa shape index (κ3) is 5.48. The maximum Gasteiger partial charge on any atom is 0.238 e. The number of benzene rings is 1. The van der Waals surface area contributed by atoms with Gasteiger partial charge in [0.1, 0.15) is 0 Å². The number of carbonyl (C=O) groups excluding carboxylic acids is 1. The van der Waals surface area contributed by atoms with Crippen LogP contribution >= 0.6 is 0 Å². The van der Waals surface area contributed by atoms with E-state index in [1.54, 1.807) is 28.2 Å². The van der Waals surface area contributed by atoms with Gasteiger partial charge in [0.2, 0.25) is 5.91 Å². The molecule has 3 aromatic rings. The fraction of sp³-hybridized carbons (Fsp3) is 0.385. The molecule has 0 radical (unpaired) electrons. The minimum absolute atomic E-state index is 0.222. The van der Waals surface area contributed by atoms with E-state index in [2.05, 4.69) is 20.6 Å². The van der Waals surface area contributed by atoms with Crippen LogP contribution < -0.4 is 5.32 Å². The van der Waals surface area contributed by atoms with Crippen molar-refractivity contribution in [1.29, 1.82) is 0 Å². The summed E-state index contributed by atoms with van der Waals surface area (Å²) in [5, 5.41) is 32.4. The third-order valence-electron chi connectivity index (χ3n) is 6.33. The Morgan fingerprint density at radius 2 is 1.97 bits per heavy atom. The molecule has 1 amide bonds. The summed E-state index contributed by atoms with van der Waals surface area (Å²) in [6, 6.07) is 10.5. The van der Waals surface area contributed by atoms with Gasteiger partial charge in [-0.25, -0.2) is 4.68 Å². The van der Waals surface area contributed by atoms with Crippen molar-refractivity contribution in [3.05, 3.63) is 71.8 Å². The maximum absolute atomic E-state index is 13.3. The normalized spacial score (nSPS) is 17.7. The lowest BCUT2D eigenvalue weighted by Crippen LogP contribution is -2.49. The summed E-state index contributed by atoms with van der Waals surface area (Å²) in [6.45, 7) is 5.98. The molecular formula is C26H32N6O3. The van der Waals surface area contributed by atoms with E-state index in [0.717, 1.165) is 34.4 Å². The van der Waals surface area contributed by atoms with E-state index < -0.39 is 18.3 Å². The summed E-state index contributed by atoms with van der Waals surface area (Å²) in [6.07, 6.45) is 5.67. The number of nitrogens with zero attached hydrogens (tertiary/aromatic N) is 5. The first-order valence-electron chi connectivity index (χ1n) is 11.8. The lowest BCUT2D eigenvalue weighted by Gasteiger charge is -2.31. The molecule has 0 bridgehead atoms. The first kappa shape index (κ1) is 24.7. The number of hydrogen-bond acceptors (Lipinski definition) is 7. The molecule has 0 saturated carbocycles. The molecule has 9 nitrogen and oxygen atoms in total. The van der Waals surface area contributed by atoms with Gasteiger partial charge in [-0.3, -0.25) is 14.7 Å². The number of allylic oxidation sites excluding steroid dienone is 1. The van der Waals surface area contributed by atoms with E-state index in [0.29, 0.717) is 18.7 Å². The highest BCUT2D eigenvalue weighted by Crippen LogP contribution is 2.27. The first-order chi connectivity index (χ1) is 16.9. The van der Waals surface area contributed by atoms with Crippen molar-refractivity contribution in [3.8, 4) is 11.1 Å². The van der Waals surface area contributed by atoms with Crippen molar-refractivity contribution in [3.63, 3.8) is 0 Å². The monoisotopic (exact) mass is 476 g/mol. The molecule has 3 heterocycles. The van der Waals surface area contributed by atoms with Crippen molar-refractivity contribution in [1.82, 2.24) is 30.2 Å². The van der Waals surface area contributed by atoms with E-state index in [-0.39, 0.29) is 12.5 Å². The molecule has 9 heteroatoms. The Kier molecular flexibility index (Phi) is 7.70. The Labute approximate surface area is 205 Å². The van der Waals surface area contributed by atoms with Gasteiger partial charge in [-0.15, -0.1) is 5.10 Å². The van der Waals surface area contributed by atoms with Crippen LogP contribution in [-0.4, -0.2) is 66.4 Å². The van der Waals surface area contributed by atoms with Gasteiger partial charge in [0, 0.05) is 18.9 Å². The van der Waals surface area contributed by atoms with Crippen LogP contribution in [0.5, 0.6) is 0 Å². The summed E-state index contributed by atoms with van der Waals surface area (Å²) in [4.78, 5) is 19.2. The van der Waals surface area contributed by atoms with Crippen molar-refractivity contribution in [2.45, 2.75) is 51.9 Å². The van der Waals surface area contributed by atoms with Gasteiger partial charge in [-0.05, 0) is 56.4 Å². The Morgan fingerprint density at radius 1 is 1.20 bits per heavy atom. The molecule has 1 aliphatic heterocycles. The van der Waals surface area contributed by atoms with Gasteiger partial charge in [-0.1, -0.05) is 41.1 Å². The van der Waals surface area contributed by atoms with E-state index in [1.807, 2.05) is 57.2 Å². The second-order valence-corrected chi connectivity index (χ2v) is 9.07. The number of carbonyl (C=O) groups is 1. The Balaban J connectivity index is 1.48. The van der Waals surface area contributed by atoms with Crippen LogP contribution in [0.2, 0.25) is 0 Å². The van der Waals surface area contributed by atoms with Crippen LogP contribution in [0.1, 0.15) is 44.0 Å². The SMILES string of the molecule is CC(C)=C(C(O)N1CCC[C@H]1C(=O)N[C@@H](CO)c1ccc(-c2cccnc2)cc1)n1cc(C)nn1. The van der Waals surface area contributed by atoms with E-state index in [9.17, 15) is 15.0 Å². The van der Waals surface area contributed by atoms with Crippen molar-refractivity contribution < 1.29 is 15.0 Å². The highest BCUT2D eigenvalue weighted by Gasteiger charge is 2.38. The molecule has 1 aliphatic rings. The lowest BCUT2D eigenvalue weighted by molar-refractivity contribution is -0.129. The highest BCUT2D eigenvalue weighted by molar-refractivity contribution is 5.83. The fourth-order valence-corrected chi connectivity index (χ4v) is 4.53. The standard InChI is InChI=1S/C26H32N6O3/c1-17(2)24(32-15-18(3)29-30-32)26(35)31-13-5-7-23(31)25(34)28-22(16-33)20-10-8-19(9-11-20)21-6-4-12-27-14-21/h4,6,8-12,14-15,22-23,26,33,35H,5,7,13,16H2,1-3H3,(H,28,34)/t22-,23-,26?/m0/s1. The summed E-state index contributed by atoms with van der Waals surface area (Å²) in [5.74, 6) is -0.222. The molecule has 1 fully saturated rings. The number of hydrogen-bond donors (Lipinski definition) is 3. The molecular weight excluding hydrogens is 444 g/mol. The zero-order chi connectivity index (χ0) is 24.9. The summed E-state index contributed by atoms with van der Waals surface area (Å²) in [7, 11) is 0. The van der Waals surface area contributed by atoms with Crippen LogP contribution in [0.3, 0.4) is 0 Å². The molecule has 35 heavy (non-hydrogen) atoms. The number of aliphatic hydroxyl groups excluding tert-OH is 2. The predicted octanol–water partition coefficient (Wildman–Crippen LogP) is 2.53. The van der Waals surface area contributed by atoms with Crippen LogP contribution in [0.25, 0.3) is 16.8 Å². The number of pyridine rings is 1. The molecule has 3 atom stereocenters. The number of aromatic nitrogens is 4. The number of aliphatic hydroxyl groups is 2. The average molecular weight is 477 g/mol. The van der Waals surface area contributed by atoms with Crippen LogP contribution in [0.4, 0.5) is 0 Å². The predicted molar refractivity (Wildman–Crippen MR) is 133 cm³/mol. The molecule has 4 rings (SSSR count). The lowest BCUT2D eigenvalue weighted by atomic mass is 10.0. The molecule has 184 valence electrons. The minimum atomic E-state index is -1.01. The Morgan fingerprint density at radius 3 is 2.57 bits per heavy atom. The number of nitrogens with one attached hydrogen (secondary N) is 1. The van der Waals surface area contributed by atoms with Crippen LogP contribution in [0.15, 0.2) is 60.6 Å². The Hall–Kier alpha value is -3.40. The second kappa shape index (κ2) is 10.9. The van der Waals surface area contributed by atoms with Crippen molar-refractivity contribution in [2.75, 3.05) is 13.2 Å². The first-order valence-corrected chi connectivity index (χ1v) is 11.8. The molecule has 0 aliphatic carbocycles. The summed E-state index contributed by atoms with van der Waals surface area (Å²) < 4.78 is 1.57. The van der Waals surface area contributed by atoms with E-state index >= 15 is 0 Å². The third-order valence-corrected chi connectivity index (χ3v) is 6.33. The topological polar surface area (TPSA) is 116 Å². The summed E-state index contributed by atoms with van der Waals surface area (Å²) in [5.41, 5.74) is 5.03. The van der Waals surface area contributed by atoms with E-state index in [4.69, 9.17) is 0 Å². The number of likely N-dealkylation sites (tertiary alicyclic amines) is 1. The van der Waals surface area contributed by atoms with Crippen molar-refractivity contribution >= 4 is 11.6 Å². The van der Waals surface area contributed by atoms with Crippen molar-refractivity contribution in [2.24, 2.45) is 0 Å². The summed E-state index contributed by atoms with van der Waals surface area (Å²) >= 11 is 0. The second-order valence-electron chi connectivity index (χ2n) is 9.07. The van der Waals surface area contributed by atoms with Gasteiger partial charge < -0.3 is 15.5 Å². The minimum Gasteiger partial charge on any atom is -0.394 e. The Bertz CT molecular complexity index is 1170. The molecule has 1 unspecified atom stereocenters. The number of amides is 1. The van der Waals surface area contributed by atoms with Crippen LogP contribution in [-0.2, 0) is 4.79 Å². The molecule has 1 aromatic carbocycles. The fourth-order valence-electron chi connectivity index (χ4n) is 4.53. The van der Waals surface area contributed by atoms with Gasteiger partial charge in [0.15, 0.2) is 6.23 Å². The zero-order valence-electron chi connectivity index (χ0n) is 20.3. The van der Waals surface area contributed by atoms with E-state index in [1.165, 1.54) is 0 Å². The molecule has 1 saturated heterocycles. The van der Waals surface area contributed by atoms with Gasteiger partial charge in [0.05, 0.1) is 36.3 Å². The number of aryl methyl sites for hydroxylation is 1. The quantitative estimate of drug-likeness (QED) is 0.457. The maximum atomic E-state index is 13.3. The molecule has 3 N–H and O–H groups in total. The average Bonchev–Trinajstić information content (AvgIpc) is 3.52. The van der Waals surface area contributed by atoms with Crippen LogP contribution in [0, 0.1) is 6.92 Å². The van der Waals surface area contributed by atoms with Gasteiger partial charge in [0.25, 0.3) is 0 Å². The molecule has 0 spiro atoms. The zero-order valence-corrected chi connectivity index (χ0v) is 20.3. The van der Waals surface area contributed by atoms with Gasteiger partial charge >= 0.3 is 0 Å². The number of rotatable bonds is 8. The smallest absolute Gasteiger partial charge is 0.238 e. The molecule has 2 aromatic heterocycles. The van der Waals surface area contributed by atoms with Gasteiger partial charge in [-0.2, -0.15) is 0 Å². The largest absolute Gasteiger partial charge is 0.394 e.